The lowest BCUT2D eigenvalue weighted by atomic mass is 10.1. The summed E-state index contributed by atoms with van der Waals surface area (Å²) in [5, 5.41) is 12.5. The van der Waals surface area contributed by atoms with Crippen LogP contribution in [0, 0.1) is 22.9 Å². The molecule has 12 heteroatoms. The minimum Gasteiger partial charge on any atom is -0.358 e. The Hall–Kier alpha value is -4.35. The average molecular weight is 579 g/mol. The van der Waals surface area contributed by atoms with Gasteiger partial charge in [-0.3, -0.25) is 19.1 Å². The van der Waals surface area contributed by atoms with Gasteiger partial charge in [0, 0.05) is 68.7 Å². The summed E-state index contributed by atoms with van der Waals surface area (Å²) in [5.41, 5.74) is 2.62. The van der Waals surface area contributed by atoms with Gasteiger partial charge in [0.25, 0.3) is 0 Å². The number of benzene rings is 2. The topological polar surface area (TPSA) is 107 Å². The number of hydrogen-bond acceptors (Lipinski definition) is 6. The van der Waals surface area contributed by atoms with E-state index in [1.165, 1.54) is 29.8 Å². The van der Waals surface area contributed by atoms with E-state index in [1.54, 1.807) is 48.0 Å². The first-order valence-electron chi connectivity index (χ1n) is 13.1. The molecule has 0 unspecified atom stereocenters. The second kappa shape index (κ2) is 11.6. The Bertz CT molecular complexity index is 1670. The number of Topliss-reactive ketones (excluding diaryl/α,β-unsaturated/α-hetero) is 1. The van der Waals surface area contributed by atoms with Crippen molar-refractivity contribution >= 4 is 51.8 Å². The third-order valence-electron chi connectivity index (χ3n) is 7.19. The second-order valence-corrected chi connectivity index (χ2v) is 10.5. The van der Waals surface area contributed by atoms with Crippen LogP contribution in [-0.4, -0.2) is 66.7 Å². The van der Waals surface area contributed by atoms with E-state index in [2.05, 4.69) is 9.88 Å². The molecule has 3 heterocycles. The molecule has 0 N–H and O–H groups in total. The van der Waals surface area contributed by atoms with Crippen LogP contribution < -0.4 is 0 Å². The molecule has 2 aromatic carbocycles. The van der Waals surface area contributed by atoms with Crippen molar-refractivity contribution in [1.82, 2.24) is 23.9 Å². The zero-order chi connectivity index (χ0) is 29.3. The molecule has 1 saturated heterocycles. The number of amides is 1. The molecule has 0 spiro atoms. The first-order valence-corrected chi connectivity index (χ1v) is 13.4. The monoisotopic (exact) mass is 578 g/mol. The molecule has 41 heavy (non-hydrogen) atoms. The van der Waals surface area contributed by atoms with Crippen molar-refractivity contribution in [3.05, 3.63) is 92.8 Å². The zero-order valence-corrected chi connectivity index (χ0v) is 23.3. The van der Waals surface area contributed by atoms with Crippen molar-refractivity contribution in [2.45, 2.75) is 26.9 Å². The third kappa shape index (κ3) is 6.21. The number of ketones is 1. The summed E-state index contributed by atoms with van der Waals surface area (Å²) in [6, 6.07) is 11.8. The van der Waals surface area contributed by atoms with Gasteiger partial charge in [0.15, 0.2) is 5.78 Å². The highest BCUT2D eigenvalue weighted by Gasteiger charge is 2.23. The number of nitrogens with zero attached hydrogens (tertiary/aromatic N) is 6. The van der Waals surface area contributed by atoms with E-state index in [0.29, 0.717) is 49.1 Å². The van der Waals surface area contributed by atoms with Gasteiger partial charge in [0.2, 0.25) is 11.7 Å². The number of hydrogen-bond donors (Lipinski definition) is 0. The van der Waals surface area contributed by atoms with E-state index in [4.69, 9.17) is 11.6 Å². The van der Waals surface area contributed by atoms with Gasteiger partial charge >= 0.3 is 5.82 Å². The fraction of sp³-hybridized carbons (Fsp3) is 0.276. The first kappa shape index (κ1) is 28.2. The van der Waals surface area contributed by atoms with Gasteiger partial charge in [0.05, 0.1) is 11.2 Å². The van der Waals surface area contributed by atoms with E-state index >= 15 is 0 Å². The lowest BCUT2D eigenvalue weighted by Gasteiger charge is -2.35. The Morgan fingerprint density at radius 1 is 1.10 bits per heavy atom. The van der Waals surface area contributed by atoms with Gasteiger partial charge in [0.1, 0.15) is 18.6 Å². The highest BCUT2D eigenvalue weighted by atomic mass is 35.5. The third-order valence-corrected chi connectivity index (χ3v) is 7.43. The second-order valence-electron chi connectivity index (χ2n) is 10.0. The Balaban J connectivity index is 1.37. The molecule has 4 aromatic rings. The van der Waals surface area contributed by atoms with Crippen molar-refractivity contribution in [2.75, 3.05) is 26.2 Å². The number of piperazine rings is 1. The SMILES string of the molecule is CC(=O)/C(=C/c1cn(CC(=O)N2CCN(Cc3ccc(F)cc3)CC2)c2cc(Cl)ccc12)n1cc([N+](=O)[O-])nc1C. The molecule has 0 atom stereocenters. The Kier molecular flexibility index (Phi) is 8.00. The van der Waals surface area contributed by atoms with Crippen molar-refractivity contribution in [3.63, 3.8) is 0 Å². The number of aromatic nitrogens is 3. The number of carbonyl (C=O) groups is 2. The lowest BCUT2D eigenvalue weighted by molar-refractivity contribution is -0.389. The van der Waals surface area contributed by atoms with Crippen LogP contribution in [0.1, 0.15) is 23.9 Å². The fourth-order valence-corrected chi connectivity index (χ4v) is 5.23. The number of rotatable bonds is 8. The molecule has 10 nitrogen and oxygen atoms in total. The molecule has 212 valence electrons. The molecule has 1 aliphatic rings. The highest BCUT2D eigenvalue weighted by Crippen LogP contribution is 2.29. The summed E-state index contributed by atoms with van der Waals surface area (Å²) in [7, 11) is 0. The maximum Gasteiger partial charge on any atom is 0.382 e. The van der Waals surface area contributed by atoms with E-state index in [0.717, 1.165) is 16.5 Å². The fourth-order valence-electron chi connectivity index (χ4n) is 5.07. The van der Waals surface area contributed by atoms with Gasteiger partial charge in [-0.15, -0.1) is 0 Å². The standard InChI is InChI=1S/C29H28ClFN6O4/c1-19(38)26(36-17-28(37(40)41)32-20(36)2)13-22-16-35(27-14-23(30)5-8-25(22)27)18-29(39)34-11-9-33(10-12-34)15-21-3-6-24(31)7-4-21/h3-8,13-14,16-17H,9-12,15,18H2,1-2H3/b26-13-. The molecule has 1 fully saturated rings. The molecular formula is C29H28ClFN6O4. The van der Waals surface area contributed by atoms with Gasteiger partial charge < -0.3 is 19.6 Å². The molecule has 0 radical (unpaired) electrons. The van der Waals surface area contributed by atoms with Crippen LogP contribution in [0.3, 0.4) is 0 Å². The number of fused-ring (bicyclic) bond motifs is 1. The molecule has 5 rings (SSSR count). The van der Waals surface area contributed by atoms with E-state index in [1.807, 2.05) is 11.0 Å². The van der Waals surface area contributed by atoms with Crippen LogP contribution in [0.5, 0.6) is 0 Å². The largest absolute Gasteiger partial charge is 0.382 e. The normalized spacial score (nSPS) is 14.5. The van der Waals surface area contributed by atoms with Crippen LogP contribution in [-0.2, 0) is 22.7 Å². The van der Waals surface area contributed by atoms with Gasteiger partial charge in [-0.2, -0.15) is 0 Å². The minimum atomic E-state index is -0.608. The molecular weight excluding hydrogens is 551 g/mol. The summed E-state index contributed by atoms with van der Waals surface area (Å²) in [6.45, 7) is 6.28. The van der Waals surface area contributed by atoms with E-state index in [9.17, 15) is 24.1 Å². The van der Waals surface area contributed by atoms with Crippen molar-refractivity contribution in [1.29, 1.82) is 0 Å². The van der Waals surface area contributed by atoms with Crippen LogP contribution in [0.4, 0.5) is 10.2 Å². The van der Waals surface area contributed by atoms with Gasteiger partial charge in [-0.25, -0.2) is 4.39 Å². The molecule has 2 aromatic heterocycles. The number of aryl methyl sites for hydroxylation is 1. The van der Waals surface area contributed by atoms with Crippen molar-refractivity contribution < 1.29 is 18.9 Å². The predicted molar refractivity (Wildman–Crippen MR) is 154 cm³/mol. The van der Waals surface area contributed by atoms with Gasteiger partial charge in [-0.05, 0) is 45.8 Å². The summed E-state index contributed by atoms with van der Waals surface area (Å²) in [4.78, 5) is 44.6. The molecule has 1 amide bonds. The summed E-state index contributed by atoms with van der Waals surface area (Å²) in [6.07, 6.45) is 4.65. The van der Waals surface area contributed by atoms with Crippen LogP contribution in [0.15, 0.2) is 54.9 Å². The van der Waals surface area contributed by atoms with E-state index < -0.39 is 4.92 Å². The predicted octanol–water partition coefficient (Wildman–Crippen LogP) is 4.78. The quantitative estimate of drug-likeness (QED) is 0.169. The molecule has 0 aliphatic carbocycles. The Morgan fingerprint density at radius 3 is 2.44 bits per heavy atom. The molecule has 0 saturated carbocycles. The number of halogens is 2. The maximum atomic E-state index is 13.3. The van der Waals surface area contributed by atoms with E-state index in [-0.39, 0.29) is 35.6 Å². The highest BCUT2D eigenvalue weighted by molar-refractivity contribution is 6.31. The first-order chi connectivity index (χ1) is 19.6. The lowest BCUT2D eigenvalue weighted by Crippen LogP contribution is -2.49. The van der Waals surface area contributed by atoms with Gasteiger partial charge in [-0.1, -0.05) is 29.8 Å². The number of allylic oxidation sites excluding steroid dienone is 1. The molecule has 1 aliphatic heterocycles. The minimum absolute atomic E-state index is 0.0493. The smallest absolute Gasteiger partial charge is 0.358 e. The maximum absolute atomic E-state index is 13.3. The number of carbonyl (C=O) groups excluding carboxylic acids is 2. The van der Waals surface area contributed by atoms with Crippen LogP contribution in [0.2, 0.25) is 5.02 Å². The number of nitro groups is 1. The molecule has 0 bridgehead atoms. The van der Waals surface area contributed by atoms with Crippen molar-refractivity contribution in [3.8, 4) is 0 Å². The van der Waals surface area contributed by atoms with Crippen LogP contribution >= 0.6 is 11.6 Å². The van der Waals surface area contributed by atoms with Crippen molar-refractivity contribution in [2.24, 2.45) is 0 Å². The average Bonchev–Trinajstić information content (AvgIpc) is 3.48. The Morgan fingerprint density at radius 2 is 1.80 bits per heavy atom. The summed E-state index contributed by atoms with van der Waals surface area (Å²) in [5.74, 6) is -0.664. The number of imidazole rings is 1. The summed E-state index contributed by atoms with van der Waals surface area (Å²) < 4.78 is 16.4. The zero-order valence-electron chi connectivity index (χ0n) is 22.6. The van der Waals surface area contributed by atoms with Crippen LogP contribution in [0.25, 0.3) is 22.7 Å². The summed E-state index contributed by atoms with van der Waals surface area (Å²) >= 11 is 6.30. The Labute approximate surface area is 240 Å².